The maximum Gasteiger partial charge on any atom is 0.315 e. The van der Waals surface area contributed by atoms with Crippen molar-refractivity contribution in [3.63, 3.8) is 0 Å². The third-order valence-corrected chi connectivity index (χ3v) is 3.39. The first-order chi connectivity index (χ1) is 5.58. The van der Waals surface area contributed by atoms with E-state index < -0.39 is 0 Å². The highest BCUT2D eigenvalue weighted by molar-refractivity contribution is 14.1. The average Bonchev–Trinajstić information content (AvgIpc) is 2.02. The normalized spacial score (nSPS) is 33.4. The van der Waals surface area contributed by atoms with Crippen molar-refractivity contribution in [3.8, 4) is 0 Å². The van der Waals surface area contributed by atoms with Gasteiger partial charge in [-0.3, -0.25) is 4.79 Å². The van der Waals surface area contributed by atoms with E-state index in [0.29, 0.717) is 0 Å². The minimum absolute atomic E-state index is 0.220. The van der Waals surface area contributed by atoms with E-state index in [1.807, 2.05) is 24.3 Å². The van der Waals surface area contributed by atoms with Gasteiger partial charge in [-0.1, -0.05) is 62.8 Å². The standard InChI is InChI=1S/C8H8BrIO2/c1-12-7(11)6-4-2-3-5-8(6,9)10/h2-6H,1H3. The van der Waals surface area contributed by atoms with Gasteiger partial charge in [0.25, 0.3) is 0 Å². The molecule has 2 atom stereocenters. The zero-order valence-electron chi connectivity index (χ0n) is 6.46. The Balaban J connectivity index is 2.84. The highest BCUT2D eigenvalue weighted by atomic mass is 127. The summed E-state index contributed by atoms with van der Waals surface area (Å²) in [6, 6.07) is 0. The minimum Gasteiger partial charge on any atom is -0.468 e. The molecular weight excluding hydrogens is 335 g/mol. The maximum absolute atomic E-state index is 11.2. The second-order valence-corrected chi connectivity index (χ2v) is 7.00. The fourth-order valence-electron chi connectivity index (χ4n) is 0.954. The van der Waals surface area contributed by atoms with Crippen LogP contribution < -0.4 is 0 Å². The molecule has 0 N–H and O–H groups in total. The molecule has 0 aromatic rings. The van der Waals surface area contributed by atoms with Gasteiger partial charge in [-0.05, 0) is 0 Å². The van der Waals surface area contributed by atoms with Gasteiger partial charge in [0.2, 0.25) is 0 Å². The largest absolute Gasteiger partial charge is 0.468 e. The predicted molar refractivity (Wildman–Crippen MR) is 59.5 cm³/mol. The first kappa shape index (κ1) is 10.2. The van der Waals surface area contributed by atoms with Crippen LogP contribution in [0.2, 0.25) is 0 Å². The molecule has 12 heavy (non-hydrogen) atoms. The molecule has 1 aliphatic carbocycles. The van der Waals surface area contributed by atoms with Gasteiger partial charge in [0.15, 0.2) is 0 Å². The van der Waals surface area contributed by atoms with E-state index in [-0.39, 0.29) is 14.2 Å². The fourth-order valence-corrected chi connectivity index (χ4v) is 2.12. The van der Waals surface area contributed by atoms with Gasteiger partial charge in [0.1, 0.15) is 8.25 Å². The number of alkyl halides is 2. The summed E-state index contributed by atoms with van der Waals surface area (Å²) < 4.78 is 4.33. The number of rotatable bonds is 1. The third-order valence-electron chi connectivity index (χ3n) is 1.60. The SMILES string of the molecule is COC(=O)C1C=CC=CC1(Br)I. The van der Waals surface area contributed by atoms with E-state index >= 15 is 0 Å². The number of carbonyl (C=O) groups excluding carboxylic acids is 1. The van der Waals surface area contributed by atoms with Crippen molar-refractivity contribution in [3.05, 3.63) is 24.3 Å². The summed E-state index contributed by atoms with van der Waals surface area (Å²) in [6.45, 7) is 0. The van der Waals surface area contributed by atoms with Crippen molar-refractivity contribution >= 4 is 44.5 Å². The molecular formula is C8H8BrIO2. The van der Waals surface area contributed by atoms with Gasteiger partial charge in [-0.15, -0.1) is 0 Å². The molecule has 0 bridgehead atoms. The van der Waals surface area contributed by atoms with E-state index in [9.17, 15) is 4.79 Å². The zero-order chi connectivity index (χ0) is 9.19. The molecule has 0 fully saturated rings. The summed E-state index contributed by atoms with van der Waals surface area (Å²) in [5, 5.41) is 0. The summed E-state index contributed by atoms with van der Waals surface area (Å²) in [5.41, 5.74) is 0. The Kier molecular flexibility index (Phi) is 3.34. The summed E-state index contributed by atoms with van der Waals surface area (Å²) >= 11 is 5.62. The molecule has 0 heterocycles. The van der Waals surface area contributed by atoms with Crippen molar-refractivity contribution in [2.45, 2.75) is 2.33 Å². The lowest BCUT2D eigenvalue weighted by Gasteiger charge is -2.24. The van der Waals surface area contributed by atoms with Crippen molar-refractivity contribution in [1.29, 1.82) is 0 Å². The Labute approximate surface area is 93.3 Å². The molecule has 0 spiro atoms. The van der Waals surface area contributed by atoms with Crippen LogP contribution in [-0.2, 0) is 9.53 Å². The number of hydrogen-bond acceptors (Lipinski definition) is 2. The maximum atomic E-state index is 11.2. The van der Waals surface area contributed by atoms with Crippen LogP contribution in [0.3, 0.4) is 0 Å². The van der Waals surface area contributed by atoms with Gasteiger partial charge in [0, 0.05) is 0 Å². The number of esters is 1. The monoisotopic (exact) mass is 342 g/mol. The van der Waals surface area contributed by atoms with E-state index in [2.05, 4.69) is 43.3 Å². The molecule has 1 rings (SSSR count). The molecule has 1 aliphatic rings. The molecule has 0 aromatic carbocycles. The number of carbonyl (C=O) groups is 1. The molecule has 4 heteroatoms. The Bertz CT molecular complexity index is 245. The molecule has 0 saturated heterocycles. The molecule has 0 saturated carbocycles. The summed E-state index contributed by atoms with van der Waals surface area (Å²) in [7, 11) is 1.40. The number of hydrogen-bond donors (Lipinski definition) is 0. The predicted octanol–water partition coefficient (Wildman–Crippen LogP) is 2.43. The minimum atomic E-state index is -0.341. The molecule has 66 valence electrons. The lowest BCUT2D eigenvalue weighted by atomic mass is 10.0. The number of ether oxygens (including phenoxy) is 1. The topological polar surface area (TPSA) is 26.3 Å². The van der Waals surface area contributed by atoms with E-state index in [1.165, 1.54) is 7.11 Å². The first-order valence-corrected chi connectivity index (χ1v) is 5.27. The third kappa shape index (κ3) is 2.10. The van der Waals surface area contributed by atoms with Crippen LogP contribution in [0.1, 0.15) is 0 Å². The second-order valence-electron chi connectivity index (χ2n) is 2.42. The highest BCUT2D eigenvalue weighted by Crippen LogP contribution is 2.40. The lowest BCUT2D eigenvalue weighted by Crippen LogP contribution is -2.30. The Morgan fingerprint density at radius 3 is 2.83 bits per heavy atom. The highest BCUT2D eigenvalue weighted by Gasteiger charge is 2.36. The van der Waals surface area contributed by atoms with Crippen LogP contribution in [0.5, 0.6) is 0 Å². The molecule has 2 nitrogen and oxygen atoms in total. The van der Waals surface area contributed by atoms with Crippen molar-refractivity contribution in [2.24, 2.45) is 5.92 Å². The molecule has 0 aliphatic heterocycles. The Hall–Kier alpha value is 0.160. The van der Waals surface area contributed by atoms with Crippen molar-refractivity contribution in [1.82, 2.24) is 0 Å². The smallest absolute Gasteiger partial charge is 0.315 e. The Morgan fingerprint density at radius 1 is 1.67 bits per heavy atom. The quantitative estimate of drug-likeness (QED) is 0.415. The molecule has 0 radical (unpaired) electrons. The van der Waals surface area contributed by atoms with Crippen LogP contribution in [0.15, 0.2) is 24.3 Å². The summed E-state index contributed by atoms with van der Waals surface area (Å²) in [6.07, 6.45) is 7.50. The number of methoxy groups -OCH3 is 1. The van der Waals surface area contributed by atoms with Crippen LogP contribution in [-0.4, -0.2) is 15.4 Å². The Morgan fingerprint density at radius 2 is 2.33 bits per heavy atom. The van der Waals surface area contributed by atoms with Crippen LogP contribution in [0, 0.1) is 5.92 Å². The van der Waals surface area contributed by atoms with Gasteiger partial charge >= 0.3 is 5.97 Å². The lowest BCUT2D eigenvalue weighted by molar-refractivity contribution is -0.143. The van der Waals surface area contributed by atoms with E-state index in [1.54, 1.807) is 0 Å². The molecule has 2 unspecified atom stereocenters. The van der Waals surface area contributed by atoms with Crippen LogP contribution in [0.25, 0.3) is 0 Å². The molecule has 0 aromatic heterocycles. The summed E-state index contributed by atoms with van der Waals surface area (Å²) in [5.74, 6) is -0.463. The number of halogens is 2. The van der Waals surface area contributed by atoms with Gasteiger partial charge < -0.3 is 4.74 Å². The fraction of sp³-hybridized carbons (Fsp3) is 0.375. The van der Waals surface area contributed by atoms with Gasteiger partial charge in [0.05, 0.1) is 7.11 Å². The van der Waals surface area contributed by atoms with Crippen molar-refractivity contribution < 1.29 is 9.53 Å². The van der Waals surface area contributed by atoms with Crippen LogP contribution in [0.4, 0.5) is 0 Å². The number of allylic oxidation sites excluding steroid dienone is 3. The van der Waals surface area contributed by atoms with Crippen LogP contribution >= 0.6 is 38.5 Å². The van der Waals surface area contributed by atoms with Gasteiger partial charge in [-0.25, -0.2) is 0 Å². The zero-order valence-corrected chi connectivity index (χ0v) is 10.2. The second kappa shape index (κ2) is 3.91. The van der Waals surface area contributed by atoms with E-state index in [0.717, 1.165) is 0 Å². The average molecular weight is 343 g/mol. The van der Waals surface area contributed by atoms with Gasteiger partial charge in [-0.2, -0.15) is 0 Å². The summed E-state index contributed by atoms with van der Waals surface area (Å²) in [4.78, 5) is 11.2. The first-order valence-electron chi connectivity index (χ1n) is 3.39. The van der Waals surface area contributed by atoms with E-state index in [4.69, 9.17) is 0 Å². The van der Waals surface area contributed by atoms with Crippen molar-refractivity contribution in [2.75, 3.05) is 7.11 Å². The molecule has 0 amide bonds.